The molecular weight excluding hydrogens is 331 g/mol. The maximum atomic E-state index is 12.0. The third kappa shape index (κ3) is 5.58. The molecule has 0 radical (unpaired) electrons. The van der Waals surface area contributed by atoms with Crippen LogP contribution in [0.1, 0.15) is 0 Å². The minimum absolute atomic E-state index is 0. The van der Waals surface area contributed by atoms with Gasteiger partial charge in [0.2, 0.25) is 5.91 Å². The Morgan fingerprint density at radius 1 is 1.50 bits per heavy atom. The van der Waals surface area contributed by atoms with Gasteiger partial charge >= 0.3 is 0 Å². The summed E-state index contributed by atoms with van der Waals surface area (Å²) in [7, 11) is 1.51. The van der Waals surface area contributed by atoms with E-state index in [0.717, 1.165) is 18.9 Å². The Morgan fingerprint density at radius 2 is 2.18 bits per heavy atom. The van der Waals surface area contributed by atoms with Crippen molar-refractivity contribution in [2.75, 3.05) is 50.2 Å². The lowest BCUT2D eigenvalue weighted by atomic mass is 10.2. The number of pyridine rings is 1. The largest absolute Gasteiger partial charge is 0.383 e. The number of nitrogens with zero attached hydrogens (tertiary/aromatic N) is 2. The molecule has 1 unspecified atom stereocenters. The third-order valence-corrected chi connectivity index (χ3v) is 3.04. The molecule has 1 aromatic heterocycles. The summed E-state index contributed by atoms with van der Waals surface area (Å²) < 4.78 is 10.2. The Morgan fingerprint density at radius 3 is 2.82 bits per heavy atom. The molecule has 1 atom stereocenters. The fraction of sp³-hybridized carbons (Fsp3) is 0.538. The first-order valence-electron chi connectivity index (χ1n) is 6.55. The van der Waals surface area contributed by atoms with Crippen molar-refractivity contribution in [3.05, 3.63) is 18.3 Å². The molecule has 1 aliphatic heterocycles. The highest BCUT2D eigenvalue weighted by Crippen LogP contribution is 2.23. The standard InChI is InChI=1S/C13H20N4O3.2ClH/c1-19-9-10(14)13(18)16-11-3-2-4-15-12(11)17-5-7-20-8-6-17;;/h2-4,10H,5-9,14H2,1H3,(H,16,18);2*1H. The van der Waals surface area contributed by atoms with Crippen molar-refractivity contribution in [3.8, 4) is 0 Å². The Kier molecular flexibility index (Phi) is 10.0. The van der Waals surface area contributed by atoms with Crippen molar-refractivity contribution in [3.63, 3.8) is 0 Å². The van der Waals surface area contributed by atoms with Crippen molar-refractivity contribution in [1.29, 1.82) is 0 Å². The highest BCUT2D eigenvalue weighted by molar-refractivity contribution is 5.97. The topological polar surface area (TPSA) is 89.7 Å². The predicted molar refractivity (Wildman–Crippen MR) is 90.2 cm³/mol. The fourth-order valence-corrected chi connectivity index (χ4v) is 2.00. The van der Waals surface area contributed by atoms with Crippen LogP contribution >= 0.6 is 24.8 Å². The second-order valence-electron chi connectivity index (χ2n) is 4.53. The van der Waals surface area contributed by atoms with Crippen LogP contribution in [0.3, 0.4) is 0 Å². The molecule has 0 bridgehead atoms. The summed E-state index contributed by atoms with van der Waals surface area (Å²) in [4.78, 5) is 18.4. The lowest BCUT2D eigenvalue weighted by Gasteiger charge is -2.29. The fourth-order valence-electron chi connectivity index (χ4n) is 2.00. The van der Waals surface area contributed by atoms with Crippen LogP contribution < -0.4 is 16.0 Å². The number of morpholine rings is 1. The summed E-state index contributed by atoms with van der Waals surface area (Å²) in [5.41, 5.74) is 6.37. The number of hydrogen-bond acceptors (Lipinski definition) is 6. The number of anilines is 2. The summed E-state index contributed by atoms with van der Waals surface area (Å²) in [5, 5.41) is 2.80. The van der Waals surface area contributed by atoms with Gasteiger partial charge < -0.3 is 25.4 Å². The average Bonchev–Trinajstić information content (AvgIpc) is 2.49. The van der Waals surface area contributed by atoms with Crippen LogP contribution in [0.5, 0.6) is 0 Å². The number of carbonyl (C=O) groups excluding carboxylic acids is 1. The van der Waals surface area contributed by atoms with Gasteiger partial charge in [-0.2, -0.15) is 0 Å². The average molecular weight is 353 g/mol. The highest BCUT2D eigenvalue weighted by atomic mass is 35.5. The zero-order valence-electron chi connectivity index (χ0n) is 12.4. The lowest BCUT2D eigenvalue weighted by molar-refractivity contribution is -0.118. The number of rotatable bonds is 5. The predicted octanol–water partition coefficient (Wildman–Crippen LogP) is 0.674. The molecule has 0 spiro atoms. The van der Waals surface area contributed by atoms with Gasteiger partial charge in [0.15, 0.2) is 5.82 Å². The van der Waals surface area contributed by atoms with Crippen LogP contribution in [0.25, 0.3) is 0 Å². The molecule has 7 nitrogen and oxygen atoms in total. The van der Waals surface area contributed by atoms with Crippen molar-refractivity contribution in [2.45, 2.75) is 6.04 Å². The van der Waals surface area contributed by atoms with Gasteiger partial charge in [-0.15, -0.1) is 24.8 Å². The van der Waals surface area contributed by atoms with Crippen LogP contribution in [0, 0.1) is 0 Å². The molecule has 1 fully saturated rings. The van der Waals surface area contributed by atoms with E-state index in [2.05, 4.69) is 15.2 Å². The molecule has 2 heterocycles. The maximum absolute atomic E-state index is 12.0. The van der Waals surface area contributed by atoms with Crippen LogP contribution in [0.15, 0.2) is 18.3 Å². The molecule has 22 heavy (non-hydrogen) atoms. The van der Waals surface area contributed by atoms with E-state index in [0.29, 0.717) is 18.9 Å². The van der Waals surface area contributed by atoms with Crippen LogP contribution in [0.2, 0.25) is 0 Å². The van der Waals surface area contributed by atoms with E-state index in [1.54, 1.807) is 12.3 Å². The Balaban J connectivity index is 0.00000220. The number of amides is 1. The summed E-state index contributed by atoms with van der Waals surface area (Å²) in [6.07, 6.45) is 1.70. The maximum Gasteiger partial charge on any atom is 0.243 e. The van der Waals surface area contributed by atoms with Gasteiger partial charge in [0.25, 0.3) is 0 Å². The molecule has 0 aliphatic carbocycles. The molecule has 1 aliphatic rings. The van der Waals surface area contributed by atoms with Crippen molar-refractivity contribution in [1.82, 2.24) is 4.98 Å². The zero-order chi connectivity index (χ0) is 14.4. The van der Waals surface area contributed by atoms with Gasteiger partial charge in [-0.25, -0.2) is 4.98 Å². The normalized spacial score (nSPS) is 15.3. The van der Waals surface area contributed by atoms with Gasteiger partial charge in [-0.3, -0.25) is 4.79 Å². The number of ether oxygens (including phenoxy) is 2. The number of aromatic nitrogens is 1. The molecule has 0 aromatic carbocycles. The van der Waals surface area contributed by atoms with E-state index in [9.17, 15) is 4.79 Å². The summed E-state index contributed by atoms with van der Waals surface area (Å²) in [6.45, 7) is 3.01. The SMILES string of the molecule is COCC(N)C(=O)Nc1cccnc1N1CCOCC1.Cl.Cl. The molecule has 2 rings (SSSR count). The number of carbonyl (C=O) groups is 1. The molecule has 9 heteroatoms. The first-order chi connectivity index (χ1) is 9.72. The van der Waals surface area contributed by atoms with E-state index in [1.807, 2.05) is 6.07 Å². The smallest absolute Gasteiger partial charge is 0.243 e. The number of halogens is 2. The number of nitrogens with one attached hydrogen (secondary N) is 1. The van der Waals surface area contributed by atoms with Crippen LogP contribution in [-0.4, -0.2) is 57.0 Å². The minimum Gasteiger partial charge on any atom is -0.383 e. The second-order valence-corrected chi connectivity index (χ2v) is 4.53. The zero-order valence-corrected chi connectivity index (χ0v) is 14.0. The van der Waals surface area contributed by atoms with Gasteiger partial charge in [0.1, 0.15) is 6.04 Å². The summed E-state index contributed by atoms with van der Waals surface area (Å²) >= 11 is 0. The van der Waals surface area contributed by atoms with E-state index < -0.39 is 6.04 Å². The number of methoxy groups -OCH3 is 1. The third-order valence-electron chi connectivity index (χ3n) is 3.04. The molecule has 1 amide bonds. The first kappa shape index (κ1) is 20.9. The Labute approximate surface area is 142 Å². The molecule has 126 valence electrons. The van der Waals surface area contributed by atoms with Crippen LogP contribution in [0.4, 0.5) is 11.5 Å². The number of nitrogens with two attached hydrogens (primary N) is 1. The summed E-state index contributed by atoms with van der Waals surface area (Å²) in [5.74, 6) is 0.461. The minimum atomic E-state index is -0.697. The molecular formula is C13H22Cl2N4O3. The molecule has 1 saturated heterocycles. The van der Waals surface area contributed by atoms with Crippen molar-refractivity contribution in [2.24, 2.45) is 5.73 Å². The van der Waals surface area contributed by atoms with Gasteiger partial charge in [0, 0.05) is 26.4 Å². The van der Waals surface area contributed by atoms with E-state index in [-0.39, 0.29) is 37.3 Å². The summed E-state index contributed by atoms with van der Waals surface area (Å²) in [6, 6.07) is 2.90. The van der Waals surface area contributed by atoms with Crippen LogP contribution in [-0.2, 0) is 14.3 Å². The molecule has 0 saturated carbocycles. The molecule has 3 N–H and O–H groups in total. The number of hydrogen-bond donors (Lipinski definition) is 2. The van der Waals surface area contributed by atoms with E-state index in [1.165, 1.54) is 7.11 Å². The second kappa shape index (κ2) is 10.6. The molecule has 1 aromatic rings. The monoisotopic (exact) mass is 352 g/mol. The van der Waals surface area contributed by atoms with Gasteiger partial charge in [-0.05, 0) is 12.1 Å². The van der Waals surface area contributed by atoms with E-state index in [4.69, 9.17) is 15.2 Å². The quantitative estimate of drug-likeness (QED) is 0.809. The van der Waals surface area contributed by atoms with E-state index >= 15 is 0 Å². The first-order valence-corrected chi connectivity index (χ1v) is 6.55. The highest BCUT2D eigenvalue weighted by Gasteiger charge is 2.19. The Hall–Kier alpha value is -1.12. The Bertz CT molecular complexity index is 459. The van der Waals surface area contributed by atoms with Gasteiger partial charge in [0.05, 0.1) is 25.5 Å². The van der Waals surface area contributed by atoms with Crippen molar-refractivity contribution < 1.29 is 14.3 Å². The lowest BCUT2D eigenvalue weighted by Crippen LogP contribution is -2.40. The van der Waals surface area contributed by atoms with Gasteiger partial charge in [-0.1, -0.05) is 0 Å². The van der Waals surface area contributed by atoms with Crippen molar-refractivity contribution >= 4 is 42.2 Å².